The Morgan fingerprint density at radius 1 is 0.812 bits per heavy atom. The Morgan fingerprint density at radius 3 is 1.75 bits per heavy atom. The smallest absolute Gasteiger partial charge is 0.490 e. The fourth-order valence-electron chi connectivity index (χ4n) is 4.04. The lowest BCUT2D eigenvalue weighted by molar-refractivity contribution is -0.287. The van der Waals surface area contributed by atoms with Gasteiger partial charge in [0, 0.05) is 5.30 Å². The molecule has 0 saturated heterocycles. The van der Waals surface area contributed by atoms with Gasteiger partial charge in [-0.05, 0) is 81.8 Å². The summed E-state index contributed by atoms with van der Waals surface area (Å²) in [5, 5.41) is 3.20. The van der Waals surface area contributed by atoms with Crippen LogP contribution in [0.3, 0.4) is 0 Å². The van der Waals surface area contributed by atoms with E-state index in [4.69, 9.17) is 14.2 Å². The molecule has 0 spiro atoms. The molecule has 0 aromatic heterocycles. The lowest BCUT2D eigenvalue weighted by atomic mass is 10.2. The molecule has 1 aliphatic heterocycles. The minimum absolute atomic E-state index is 0.0396. The summed E-state index contributed by atoms with van der Waals surface area (Å²) in [4.78, 5) is 0. The largest absolute Gasteiger partial charge is 0.586 e. The van der Waals surface area contributed by atoms with Crippen LogP contribution in [0.4, 0.5) is 8.78 Å². The van der Waals surface area contributed by atoms with E-state index in [0.717, 1.165) is 38.2 Å². The van der Waals surface area contributed by atoms with Crippen molar-refractivity contribution >= 4 is 46.4 Å². The average molecular weight is 568 g/mol. The van der Waals surface area contributed by atoms with E-state index in [-0.39, 0.29) is 17.2 Å². The Morgan fingerprint density at radius 2 is 1.28 bits per heavy atom. The number of hydrogen-bond donors (Lipinski definition) is 0. The van der Waals surface area contributed by atoms with Gasteiger partial charge in [-0.1, -0.05) is 58.7 Å². The molecule has 3 aromatic rings. The van der Waals surface area contributed by atoms with Crippen LogP contribution in [-0.4, -0.2) is 12.9 Å². The number of hydrogen-bond acceptors (Lipinski definition) is 3. The van der Waals surface area contributed by atoms with Crippen molar-refractivity contribution < 1.29 is 23.0 Å². The molecule has 3 nitrogen and oxygen atoms in total. The average Bonchev–Trinajstić information content (AvgIpc) is 3.00. The lowest BCUT2D eigenvalue weighted by Crippen LogP contribution is -2.26. The molecule has 0 aliphatic carbocycles. The number of halogens is 3. The van der Waals surface area contributed by atoms with Crippen LogP contribution in [0.5, 0.6) is 17.2 Å². The molecule has 0 bridgehead atoms. The van der Waals surface area contributed by atoms with Crippen molar-refractivity contribution in [2.75, 3.05) is 6.61 Å². The third-order valence-electron chi connectivity index (χ3n) is 5.03. The van der Waals surface area contributed by atoms with Crippen LogP contribution in [0, 0.1) is 31.3 Å². The van der Waals surface area contributed by atoms with Gasteiger partial charge in [-0.2, -0.15) is 0 Å². The Kier molecular flexibility index (Phi) is 6.38. The number of fused-ring (bicyclic) bond motifs is 1. The van der Waals surface area contributed by atoms with Gasteiger partial charge in [0.1, 0.15) is 0 Å². The summed E-state index contributed by atoms with van der Waals surface area (Å²) in [6.07, 6.45) is -3.71. The fourth-order valence-corrected chi connectivity index (χ4v) is 8.00. The van der Waals surface area contributed by atoms with E-state index in [1.165, 1.54) is 0 Å². The second-order valence-electron chi connectivity index (χ2n) is 7.99. The van der Waals surface area contributed by atoms with E-state index in [9.17, 15) is 8.78 Å². The monoisotopic (exact) mass is 568 g/mol. The fraction of sp³-hybridized carbons (Fsp3) is 0.280. The third-order valence-corrected chi connectivity index (χ3v) is 8.92. The number of alkyl halides is 2. The van der Waals surface area contributed by atoms with Crippen LogP contribution >= 0.6 is 30.5 Å². The quantitative estimate of drug-likeness (QED) is 0.279. The van der Waals surface area contributed by atoms with E-state index >= 15 is 0 Å². The van der Waals surface area contributed by atoms with Gasteiger partial charge in [0.15, 0.2) is 11.5 Å². The zero-order valence-corrected chi connectivity index (χ0v) is 21.6. The highest BCUT2D eigenvalue weighted by molar-refractivity contribution is 14.1. The first-order chi connectivity index (χ1) is 15.1. The van der Waals surface area contributed by atoms with Crippen molar-refractivity contribution in [3.63, 3.8) is 0 Å². The maximum Gasteiger partial charge on any atom is 0.586 e. The molecule has 0 radical (unpaired) electrons. The molecule has 168 valence electrons. The predicted octanol–water partition coefficient (Wildman–Crippen LogP) is 6.00. The van der Waals surface area contributed by atoms with Crippen molar-refractivity contribution in [1.82, 2.24) is 0 Å². The second-order valence-corrected chi connectivity index (χ2v) is 11.3. The van der Waals surface area contributed by atoms with Crippen LogP contribution in [0.25, 0.3) is 0 Å². The van der Waals surface area contributed by atoms with Gasteiger partial charge in [0.05, 0.1) is 10.2 Å². The first-order valence-electron chi connectivity index (χ1n) is 10.3. The van der Waals surface area contributed by atoms with Crippen molar-refractivity contribution in [3.8, 4) is 17.2 Å². The van der Waals surface area contributed by atoms with E-state index < -0.39 is 14.2 Å². The molecule has 7 heteroatoms. The Hall–Kier alpha value is -1.92. The number of ether oxygens (including phenoxy) is 3. The normalized spacial score (nSPS) is 14.2. The minimum Gasteiger partial charge on any atom is -0.490 e. The van der Waals surface area contributed by atoms with Crippen molar-refractivity contribution in [2.24, 2.45) is 0 Å². The Bertz CT molecular complexity index is 1100. The zero-order chi connectivity index (χ0) is 23.2. The molecule has 0 fully saturated rings. The molecule has 1 heterocycles. The summed E-state index contributed by atoms with van der Waals surface area (Å²) < 4.78 is 44.1. The first kappa shape index (κ1) is 23.2. The molecule has 0 saturated carbocycles. The minimum atomic E-state index is -3.71. The standard InChI is InChI=1S/C25H24F2IO3P/c1-6-29-20-13-21(22(28)24-23(20)30-25(26,27)31-24)32(18-9-14(2)7-15(3)10-18)19-11-16(4)8-17(5)12-19/h7-13H,6H2,1-5H3. The maximum atomic E-state index is 14.0. The summed E-state index contributed by atoms with van der Waals surface area (Å²) in [5.74, 6) is 0.273. The summed E-state index contributed by atoms with van der Waals surface area (Å²) in [6, 6.07) is 14.8. The van der Waals surface area contributed by atoms with Crippen molar-refractivity contribution in [3.05, 3.63) is 68.3 Å². The summed E-state index contributed by atoms with van der Waals surface area (Å²) in [6.45, 7) is 10.4. The predicted molar refractivity (Wildman–Crippen MR) is 134 cm³/mol. The third kappa shape index (κ3) is 4.58. The molecule has 0 atom stereocenters. The van der Waals surface area contributed by atoms with Crippen LogP contribution in [0.15, 0.2) is 42.5 Å². The SMILES string of the molecule is CCOc1cc(P(c2cc(C)cc(C)c2)c2cc(C)cc(C)c2)c(I)c2c1OC(F)(F)O2. The summed E-state index contributed by atoms with van der Waals surface area (Å²) in [7, 11) is -1.06. The molecule has 0 unspecified atom stereocenters. The summed E-state index contributed by atoms with van der Waals surface area (Å²) >= 11 is 2.09. The van der Waals surface area contributed by atoms with Crippen molar-refractivity contribution in [1.29, 1.82) is 0 Å². The number of rotatable bonds is 5. The molecule has 4 rings (SSSR count). The number of aryl methyl sites for hydroxylation is 4. The van der Waals surface area contributed by atoms with Gasteiger partial charge in [-0.25, -0.2) is 0 Å². The van der Waals surface area contributed by atoms with Crippen LogP contribution in [-0.2, 0) is 0 Å². The van der Waals surface area contributed by atoms with Gasteiger partial charge in [0.2, 0.25) is 5.75 Å². The molecule has 0 amide bonds. The second kappa shape index (κ2) is 8.79. The molecule has 1 aliphatic rings. The topological polar surface area (TPSA) is 27.7 Å². The van der Waals surface area contributed by atoms with E-state index in [1.807, 2.05) is 13.0 Å². The highest BCUT2D eigenvalue weighted by Crippen LogP contribution is 2.51. The molecule has 3 aromatic carbocycles. The van der Waals surface area contributed by atoms with Gasteiger partial charge in [-0.3, -0.25) is 0 Å². The van der Waals surface area contributed by atoms with Gasteiger partial charge in [0.25, 0.3) is 0 Å². The van der Waals surface area contributed by atoms with E-state index in [2.05, 4.69) is 86.7 Å². The highest BCUT2D eigenvalue weighted by atomic mass is 127. The van der Waals surface area contributed by atoms with E-state index in [0.29, 0.717) is 10.2 Å². The molecular formula is C25H24F2IO3P. The van der Waals surface area contributed by atoms with Gasteiger partial charge in [-0.15, -0.1) is 8.78 Å². The van der Waals surface area contributed by atoms with Crippen LogP contribution in [0.1, 0.15) is 29.2 Å². The van der Waals surface area contributed by atoms with Crippen LogP contribution in [0.2, 0.25) is 0 Å². The number of benzene rings is 3. The van der Waals surface area contributed by atoms with Crippen molar-refractivity contribution in [2.45, 2.75) is 40.9 Å². The molecular weight excluding hydrogens is 544 g/mol. The molecule has 32 heavy (non-hydrogen) atoms. The Labute approximate surface area is 202 Å². The summed E-state index contributed by atoms with van der Waals surface area (Å²) in [5.41, 5.74) is 4.63. The van der Waals surface area contributed by atoms with Gasteiger partial charge < -0.3 is 14.2 Å². The maximum absolute atomic E-state index is 14.0. The van der Waals surface area contributed by atoms with Gasteiger partial charge >= 0.3 is 6.29 Å². The lowest BCUT2D eigenvalue weighted by Gasteiger charge is -2.24. The highest BCUT2D eigenvalue weighted by Gasteiger charge is 2.47. The molecule has 0 N–H and O–H groups in total. The zero-order valence-electron chi connectivity index (χ0n) is 18.6. The van der Waals surface area contributed by atoms with E-state index in [1.54, 1.807) is 0 Å². The van der Waals surface area contributed by atoms with Crippen LogP contribution < -0.4 is 30.1 Å². The Balaban J connectivity index is 2.01. The first-order valence-corrected chi connectivity index (χ1v) is 12.7.